The molecule has 1 saturated heterocycles. The van der Waals surface area contributed by atoms with Crippen LogP contribution >= 0.6 is 11.6 Å². The van der Waals surface area contributed by atoms with E-state index in [1.54, 1.807) is 24.3 Å². The zero-order valence-corrected chi connectivity index (χ0v) is 16.5. The van der Waals surface area contributed by atoms with Crippen LogP contribution in [0.1, 0.15) is 32.1 Å². The Hall–Kier alpha value is -2.28. The van der Waals surface area contributed by atoms with E-state index in [0.29, 0.717) is 17.3 Å². The number of nitrogens with zero attached hydrogens (tertiary/aromatic N) is 1. The second-order valence-electron chi connectivity index (χ2n) is 7.15. The average Bonchev–Trinajstić information content (AvgIpc) is 3.34. The molecule has 1 atom stereocenters. The number of hydrogen-bond donors (Lipinski definition) is 1. The molecule has 1 aromatic carbocycles. The molecule has 1 aliphatic carbocycles. The van der Waals surface area contributed by atoms with Crippen LogP contribution < -0.4 is 10.1 Å². The maximum absolute atomic E-state index is 12.2. The third kappa shape index (κ3) is 5.61. The molecular weight excluding hydrogens is 384 g/mol. The molecule has 152 valence electrons. The van der Waals surface area contributed by atoms with Crippen molar-refractivity contribution < 1.29 is 23.9 Å². The molecule has 8 heteroatoms. The van der Waals surface area contributed by atoms with Crippen LogP contribution in [-0.4, -0.2) is 55.0 Å². The molecule has 3 rings (SSSR count). The van der Waals surface area contributed by atoms with Gasteiger partial charge in [0.2, 0.25) is 5.91 Å². The molecule has 1 saturated carbocycles. The zero-order chi connectivity index (χ0) is 19.9. The number of ether oxygens (including phenoxy) is 2. The summed E-state index contributed by atoms with van der Waals surface area (Å²) < 4.78 is 10.6. The molecule has 1 heterocycles. The van der Waals surface area contributed by atoms with Crippen molar-refractivity contribution >= 4 is 29.4 Å². The second-order valence-corrected chi connectivity index (χ2v) is 7.58. The van der Waals surface area contributed by atoms with Gasteiger partial charge in [0.25, 0.3) is 5.91 Å². The van der Waals surface area contributed by atoms with Crippen molar-refractivity contribution in [3.05, 3.63) is 29.3 Å². The Morgan fingerprint density at radius 2 is 1.89 bits per heavy atom. The normalized spacial score (nSPS) is 19.7. The quantitative estimate of drug-likeness (QED) is 0.526. The van der Waals surface area contributed by atoms with Crippen LogP contribution in [0.25, 0.3) is 0 Å². The van der Waals surface area contributed by atoms with Gasteiger partial charge in [-0.15, -0.1) is 0 Å². The van der Waals surface area contributed by atoms with Gasteiger partial charge < -0.3 is 19.7 Å². The van der Waals surface area contributed by atoms with Crippen LogP contribution in [0, 0.1) is 5.92 Å². The van der Waals surface area contributed by atoms with Crippen molar-refractivity contribution in [1.29, 1.82) is 0 Å². The number of amides is 2. The molecule has 1 aromatic rings. The zero-order valence-electron chi connectivity index (χ0n) is 15.7. The third-order valence-corrected chi connectivity index (χ3v) is 5.36. The Morgan fingerprint density at radius 3 is 2.61 bits per heavy atom. The van der Waals surface area contributed by atoms with E-state index in [9.17, 15) is 14.4 Å². The Morgan fingerprint density at radius 1 is 1.18 bits per heavy atom. The van der Waals surface area contributed by atoms with Crippen molar-refractivity contribution in [2.75, 3.05) is 26.3 Å². The van der Waals surface area contributed by atoms with Gasteiger partial charge >= 0.3 is 5.97 Å². The maximum Gasteiger partial charge on any atom is 0.311 e. The predicted octanol–water partition coefficient (Wildman–Crippen LogP) is 2.17. The number of carbonyl (C=O) groups is 3. The fraction of sp³-hybridized carbons (Fsp3) is 0.550. The van der Waals surface area contributed by atoms with Crippen LogP contribution in [0.5, 0.6) is 5.75 Å². The fourth-order valence-corrected chi connectivity index (χ4v) is 3.78. The first-order valence-corrected chi connectivity index (χ1v) is 10.0. The van der Waals surface area contributed by atoms with Crippen LogP contribution in [0.15, 0.2) is 24.3 Å². The van der Waals surface area contributed by atoms with Crippen molar-refractivity contribution in [3.63, 3.8) is 0 Å². The molecule has 0 spiro atoms. The molecule has 0 unspecified atom stereocenters. The first kappa shape index (κ1) is 20.5. The molecule has 0 aromatic heterocycles. The number of nitrogens with one attached hydrogen (secondary N) is 1. The van der Waals surface area contributed by atoms with Gasteiger partial charge in [-0.25, -0.2) is 0 Å². The van der Waals surface area contributed by atoms with E-state index >= 15 is 0 Å². The second kappa shape index (κ2) is 9.78. The maximum atomic E-state index is 12.2. The van der Waals surface area contributed by atoms with Gasteiger partial charge in [-0.3, -0.25) is 14.4 Å². The summed E-state index contributed by atoms with van der Waals surface area (Å²) in [7, 11) is 0. The van der Waals surface area contributed by atoms with Gasteiger partial charge in [-0.1, -0.05) is 24.4 Å². The molecule has 0 radical (unpaired) electrons. The summed E-state index contributed by atoms with van der Waals surface area (Å²) >= 11 is 5.80. The number of hydrogen-bond acceptors (Lipinski definition) is 5. The fourth-order valence-electron chi connectivity index (χ4n) is 3.65. The topological polar surface area (TPSA) is 84.9 Å². The smallest absolute Gasteiger partial charge is 0.311 e. The lowest BCUT2D eigenvalue weighted by Crippen LogP contribution is -2.36. The minimum absolute atomic E-state index is 0.0117. The van der Waals surface area contributed by atoms with E-state index in [4.69, 9.17) is 21.1 Å². The van der Waals surface area contributed by atoms with Crippen LogP contribution in [0.4, 0.5) is 0 Å². The Balaban J connectivity index is 1.31. The number of likely N-dealkylation sites (tertiary alicyclic amines) is 1. The first-order valence-electron chi connectivity index (χ1n) is 9.64. The van der Waals surface area contributed by atoms with Gasteiger partial charge in [0.05, 0.1) is 12.5 Å². The van der Waals surface area contributed by atoms with Crippen molar-refractivity contribution in [2.45, 2.75) is 38.1 Å². The monoisotopic (exact) mass is 408 g/mol. The summed E-state index contributed by atoms with van der Waals surface area (Å²) in [6.45, 7) is 0.623. The van der Waals surface area contributed by atoms with E-state index in [1.165, 1.54) is 0 Å². The van der Waals surface area contributed by atoms with Crippen LogP contribution in [0.2, 0.25) is 5.02 Å². The molecule has 2 amide bonds. The van der Waals surface area contributed by atoms with E-state index in [-0.39, 0.29) is 38.1 Å². The summed E-state index contributed by atoms with van der Waals surface area (Å²) in [5.41, 5.74) is 0. The minimum atomic E-state index is -0.485. The summed E-state index contributed by atoms with van der Waals surface area (Å²) in [6.07, 6.45) is 4.45. The average molecular weight is 409 g/mol. The molecule has 28 heavy (non-hydrogen) atoms. The van der Waals surface area contributed by atoms with E-state index < -0.39 is 17.8 Å². The van der Waals surface area contributed by atoms with Gasteiger partial charge in [0.1, 0.15) is 12.4 Å². The molecule has 0 bridgehead atoms. The van der Waals surface area contributed by atoms with Gasteiger partial charge in [0, 0.05) is 24.0 Å². The Bertz CT molecular complexity index is 703. The van der Waals surface area contributed by atoms with Gasteiger partial charge in [-0.2, -0.15) is 0 Å². The summed E-state index contributed by atoms with van der Waals surface area (Å²) in [6, 6.07) is 7.18. The third-order valence-electron chi connectivity index (χ3n) is 5.11. The van der Waals surface area contributed by atoms with Crippen LogP contribution in [-0.2, 0) is 19.1 Å². The number of esters is 1. The summed E-state index contributed by atoms with van der Waals surface area (Å²) in [5.74, 6) is -0.693. The molecular formula is C20H25ClN2O5. The molecule has 2 fully saturated rings. The lowest BCUT2D eigenvalue weighted by molar-refractivity contribution is -0.152. The highest BCUT2D eigenvalue weighted by Crippen LogP contribution is 2.29. The van der Waals surface area contributed by atoms with E-state index in [1.807, 2.05) is 4.90 Å². The Kier molecular flexibility index (Phi) is 7.14. The number of rotatable bonds is 8. The lowest BCUT2D eigenvalue weighted by Gasteiger charge is -2.23. The lowest BCUT2D eigenvalue weighted by atomic mass is 10.1. The highest BCUT2D eigenvalue weighted by atomic mass is 35.5. The number of carbonyl (C=O) groups excluding carboxylic acids is 3. The van der Waals surface area contributed by atoms with Crippen molar-refractivity contribution in [3.8, 4) is 5.75 Å². The SMILES string of the molecule is O=C(COC(=O)[C@H]1CC(=O)N(C2CCCC2)C1)NCCOc1ccc(Cl)cc1. The standard InChI is InChI=1S/C20H25ClN2O5/c21-15-5-7-17(8-6-15)27-10-9-22-18(24)13-28-20(26)14-11-19(25)23(12-14)16-3-1-2-4-16/h5-8,14,16H,1-4,9-13H2,(H,22,24)/t14-/m0/s1. The minimum Gasteiger partial charge on any atom is -0.492 e. The summed E-state index contributed by atoms with van der Waals surface area (Å²) in [4.78, 5) is 38.0. The highest BCUT2D eigenvalue weighted by molar-refractivity contribution is 6.30. The van der Waals surface area contributed by atoms with Crippen molar-refractivity contribution in [2.24, 2.45) is 5.92 Å². The first-order chi connectivity index (χ1) is 13.5. The van der Waals surface area contributed by atoms with Gasteiger partial charge in [0.15, 0.2) is 6.61 Å². The molecule has 1 N–H and O–H groups in total. The highest BCUT2D eigenvalue weighted by Gasteiger charge is 2.39. The van der Waals surface area contributed by atoms with Crippen LogP contribution in [0.3, 0.4) is 0 Å². The molecule has 7 nitrogen and oxygen atoms in total. The van der Waals surface area contributed by atoms with E-state index in [2.05, 4.69) is 5.32 Å². The number of halogens is 1. The predicted molar refractivity (Wildman–Crippen MR) is 103 cm³/mol. The molecule has 1 aliphatic heterocycles. The van der Waals surface area contributed by atoms with Crippen molar-refractivity contribution in [1.82, 2.24) is 10.2 Å². The molecule has 2 aliphatic rings. The Labute approximate surface area is 169 Å². The summed E-state index contributed by atoms with van der Waals surface area (Å²) in [5, 5.41) is 3.25. The van der Waals surface area contributed by atoms with Gasteiger partial charge in [-0.05, 0) is 37.1 Å². The largest absolute Gasteiger partial charge is 0.492 e. The number of benzene rings is 1. The van der Waals surface area contributed by atoms with E-state index in [0.717, 1.165) is 25.7 Å².